The summed E-state index contributed by atoms with van der Waals surface area (Å²) in [5.74, 6) is 0.498. The first-order valence-corrected chi connectivity index (χ1v) is 10.1. The van der Waals surface area contributed by atoms with E-state index in [1.807, 2.05) is 6.92 Å². The summed E-state index contributed by atoms with van der Waals surface area (Å²) >= 11 is 0. The van der Waals surface area contributed by atoms with Gasteiger partial charge in [-0.1, -0.05) is 24.3 Å². The Balaban J connectivity index is 0.00000676. The van der Waals surface area contributed by atoms with Crippen molar-refractivity contribution in [1.82, 2.24) is 10.6 Å². The monoisotopic (exact) mass is 523 g/mol. The molecular weight excluding hydrogens is 498 g/mol. The van der Waals surface area contributed by atoms with Gasteiger partial charge in [-0.2, -0.15) is 13.2 Å². The van der Waals surface area contributed by atoms with E-state index in [1.165, 1.54) is 6.26 Å². The Kier molecular flexibility index (Phi) is 11.9. The highest BCUT2D eigenvalue weighted by Gasteiger charge is 2.27. The summed E-state index contributed by atoms with van der Waals surface area (Å²) in [4.78, 5) is 4.35. The zero-order valence-electron chi connectivity index (χ0n) is 15.2. The minimum atomic E-state index is -4.33. The predicted molar refractivity (Wildman–Crippen MR) is 110 cm³/mol. The quantitative estimate of drug-likeness (QED) is 0.296. The molecular formula is C16H25F3IN3O3S. The first-order chi connectivity index (χ1) is 12.1. The van der Waals surface area contributed by atoms with Crippen LogP contribution in [0.2, 0.25) is 0 Å². The van der Waals surface area contributed by atoms with E-state index in [9.17, 15) is 21.6 Å². The van der Waals surface area contributed by atoms with Gasteiger partial charge in [0.1, 0.15) is 16.4 Å². The maximum Gasteiger partial charge on any atom is 0.411 e. The molecule has 0 unspecified atom stereocenters. The summed E-state index contributed by atoms with van der Waals surface area (Å²) in [5, 5.41) is 5.94. The maximum atomic E-state index is 12.0. The number of halogens is 4. The second-order valence-corrected chi connectivity index (χ2v) is 7.94. The van der Waals surface area contributed by atoms with E-state index in [4.69, 9.17) is 0 Å². The first-order valence-electron chi connectivity index (χ1n) is 8.01. The molecule has 6 nitrogen and oxygen atoms in total. The molecule has 0 aliphatic carbocycles. The molecule has 0 aromatic heterocycles. The molecule has 1 aromatic rings. The standard InChI is InChI=1S/C16H24F3N3O3S.HI/c1-3-20-15(21-8-9-26(2,23)24)22-10-13-4-6-14(7-5-13)11-25-12-16(17,18)19;/h4-7H,3,8-12H2,1-2H3,(H2,20,21,22);1H. The minimum Gasteiger partial charge on any atom is -0.367 e. The lowest BCUT2D eigenvalue weighted by Crippen LogP contribution is -2.39. The highest BCUT2D eigenvalue weighted by Crippen LogP contribution is 2.16. The lowest BCUT2D eigenvalue weighted by atomic mass is 10.1. The van der Waals surface area contributed by atoms with Crippen molar-refractivity contribution in [3.05, 3.63) is 35.4 Å². The Morgan fingerprint density at radius 2 is 1.74 bits per heavy atom. The molecule has 0 aliphatic rings. The van der Waals surface area contributed by atoms with Crippen molar-refractivity contribution in [3.8, 4) is 0 Å². The van der Waals surface area contributed by atoms with Crippen molar-refractivity contribution in [2.75, 3.05) is 31.7 Å². The number of guanidine groups is 1. The van der Waals surface area contributed by atoms with Gasteiger partial charge in [-0.25, -0.2) is 13.4 Å². The molecule has 2 N–H and O–H groups in total. The van der Waals surface area contributed by atoms with Crippen LogP contribution in [-0.4, -0.2) is 52.3 Å². The Hall–Kier alpha value is -1.08. The third kappa shape index (κ3) is 13.7. The SMILES string of the molecule is CCNC(=NCc1ccc(COCC(F)(F)F)cc1)NCCS(C)(=O)=O.I. The Morgan fingerprint density at radius 3 is 2.26 bits per heavy atom. The van der Waals surface area contributed by atoms with E-state index in [-0.39, 0.29) is 42.9 Å². The fourth-order valence-electron chi connectivity index (χ4n) is 1.89. The molecule has 1 aromatic carbocycles. The third-order valence-corrected chi connectivity index (χ3v) is 4.03. The Morgan fingerprint density at radius 1 is 1.15 bits per heavy atom. The largest absolute Gasteiger partial charge is 0.411 e. The van der Waals surface area contributed by atoms with Crippen LogP contribution < -0.4 is 10.6 Å². The number of rotatable bonds is 9. The van der Waals surface area contributed by atoms with Gasteiger partial charge in [0.15, 0.2) is 5.96 Å². The average molecular weight is 523 g/mol. The van der Waals surface area contributed by atoms with Crippen LogP contribution in [0.3, 0.4) is 0 Å². The van der Waals surface area contributed by atoms with Crippen molar-refractivity contribution >= 4 is 39.8 Å². The van der Waals surface area contributed by atoms with Gasteiger partial charge < -0.3 is 15.4 Å². The van der Waals surface area contributed by atoms with Crippen molar-refractivity contribution in [2.24, 2.45) is 4.99 Å². The minimum absolute atomic E-state index is 0. The molecule has 0 saturated heterocycles. The second kappa shape index (κ2) is 12.4. The van der Waals surface area contributed by atoms with Crippen molar-refractivity contribution in [3.63, 3.8) is 0 Å². The van der Waals surface area contributed by atoms with Crippen LogP contribution in [0.15, 0.2) is 29.3 Å². The molecule has 27 heavy (non-hydrogen) atoms. The van der Waals surface area contributed by atoms with Gasteiger partial charge in [-0.3, -0.25) is 0 Å². The van der Waals surface area contributed by atoms with Crippen LogP contribution in [0.25, 0.3) is 0 Å². The fraction of sp³-hybridized carbons (Fsp3) is 0.562. The van der Waals surface area contributed by atoms with Crippen LogP contribution in [-0.2, 0) is 27.7 Å². The number of aliphatic imine (C=N–C) groups is 1. The second-order valence-electron chi connectivity index (χ2n) is 5.68. The Labute approximate surface area is 174 Å². The number of benzene rings is 1. The highest BCUT2D eigenvalue weighted by atomic mass is 127. The van der Waals surface area contributed by atoms with Crippen LogP contribution in [0, 0.1) is 0 Å². The number of hydrogen-bond donors (Lipinski definition) is 2. The first kappa shape index (κ1) is 25.9. The van der Waals surface area contributed by atoms with E-state index in [0.29, 0.717) is 24.6 Å². The lowest BCUT2D eigenvalue weighted by molar-refractivity contribution is -0.176. The molecule has 0 bridgehead atoms. The van der Waals surface area contributed by atoms with E-state index < -0.39 is 22.6 Å². The topological polar surface area (TPSA) is 79.8 Å². The molecule has 0 atom stereocenters. The van der Waals surface area contributed by atoms with Gasteiger partial charge >= 0.3 is 6.18 Å². The number of alkyl halides is 3. The number of nitrogens with one attached hydrogen (secondary N) is 2. The number of sulfone groups is 1. The van der Waals surface area contributed by atoms with Gasteiger partial charge in [0.2, 0.25) is 0 Å². The molecule has 1 rings (SSSR count). The zero-order chi connectivity index (χ0) is 19.6. The van der Waals surface area contributed by atoms with Gasteiger partial charge in [0.25, 0.3) is 0 Å². The predicted octanol–water partition coefficient (Wildman–Crippen LogP) is 2.48. The molecule has 0 amide bonds. The van der Waals surface area contributed by atoms with E-state index >= 15 is 0 Å². The summed E-state index contributed by atoms with van der Waals surface area (Å²) in [7, 11) is -3.05. The van der Waals surface area contributed by atoms with Gasteiger partial charge in [0.05, 0.1) is 18.9 Å². The number of nitrogens with zero attached hydrogens (tertiary/aromatic N) is 1. The van der Waals surface area contributed by atoms with Gasteiger partial charge in [-0.05, 0) is 18.1 Å². The van der Waals surface area contributed by atoms with Crippen LogP contribution in [0.5, 0.6) is 0 Å². The highest BCUT2D eigenvalue weighted by molar-refractivity contribution is 14.0. The number of ether oxygens (including phenoxy) is 1. The van der Waals surface area contributed by atoms with Gasteiger partial charge in [-0.15, -0.1) is 24.0 Å². The molecule has 0 saturated carbocycles. The molecule has 0 fully saturated rings. The summed E-state index contributed by atoms with van der Waals surface area (Å²) in [6, 6.07) is 6.89. The van der Waals surface area contributed by atoms with Crippen molar-refractivity contribution in [2.45, 2.75) is 26.3 Å². The molecule has 0 heterocycles. The van der Waals surface area contributed by atoms with Crippen molar-refractivity contribution in [1.29, 1.82) is 0 Å². The lowest BCUT2D eigenvalue weighted by Gasteiger charge is -2.11. The van der Waals surface area contributed by atoms with Crippen LogP contribution in [0.4, 0.5) is 13.2 Å². The fourth-order valence-corrected chi connectivity index (χ4v) is 2.37. The van der Waals surface area contributed by atoms with E-state index in [1.54, 1.807) is 24.3 Å². The van der Waals surface area contributed by atoms with Gasteiger partial charge in [0, 0.05) is 19.3 Å². The summed E-state index contributed by atoms with van der Waals surface area (Å²) < 4.78 is 63.0. The molecule has 0 radical (unpaired) electrons. The molecule has 11 heteroatoms. The van der Waals surface area contributed by atoms with E-state index in [0.717, 1.165) is 5.56 Å². The Bertz CT molecular complexity index is 680. The zero-order valence-corrected chi connectivity index (χ0v) is 18.3. The average Bonchev–Trinajstić information content (AvgIpc) is 2.51. The summed E-state index contributed by atoms with van der Waals surface area (Å²) in [6.45, 7) is 1.73. The normalized spacial score (nSPS) is 12.4. The number of hydrogen-bond acceptors (Lipinski definition) is 4. The van der Waals surface area contributed by atoms with E-state index in [2.05, 4.69) is 20.4 Å². The van der Waals surface area contributed by atoms with Crippen LogP contribution in [0.1, 0.15) is 18.1 Å². The third-order valence-electron chi connectivity index (χ3n) is 3.09. The summed E-state index contributed by atoms with van der Waals surface area (Å²) in [6.07, 6.45) is -3.17. The molecule has 156 valence electrons. The molecule has 0 aliphatic heterocycles. The summed E-state index contributed by atoms with van der Waals surface area (Å²) in [5.41, 5.74) is 1.50. The molecule has 0 spiro atoms. The van der Waals surface area contributed by atoms with Crippen molar-refractivity contribution < 1.29 is 26.3 Å². The smallest absolute Gasteiger partial charge is 0.367 e. The van der Waals surface area contributed by atoms with Crippen LogP contribution >= 0.6 is 24.0 Å². The maximum absolute atomic E-state index is 12.0.